The van der Waals surface area contributed by atoms with Crippen molar-refractivity contribution in [1.82, 2.24) is 9.62 Å². The molecule has 1 amide bonds. The van der Waals surface area contributed by atoms with Gasteiger partial charge in [0.25, 0.3) is 0 Å². The molecule has 3 rings (SSSR count). The van der Waals surface area contributed by atoms with E-state index < -0.39 is 34.0 Å². The number of nitrogens with zero attached hydrogens (tertiary/aromatic N) is 1. The Hall–Kier alpha value is -2.42. The van der Waals surface area contributed by atoms with Crippen molar-refractivity contribution in [3.8, 4) is 0 Å². The van der Waals surface area contributed by atoms with E-state index in [1.165, 1.54) is 24.3 Å². The van der Waals surface area contributed by atoms with Gasteiger partial charge in [0.05, 0.1) is 4.90 Å². The lowest BCUT2D eigenvalue weighted by atomic mass is 10.1. The van der Waals surface area contributed by atoms with Gasteiger partial charge in [-0.2, -0.15) is 4.31 Å². The molecule has 2 atom stereocenters. The zero-order valence-corrected chi connectivity index (χ0v) is 17.1. The van der Waals surface area contributed by atoms with Crippen LogP contribution < -0.4 is 5.32 Å². The Morgan fingerprint density at radius 2 is 1.79 bits per heavy atom. The molecule has 2 aromatic carbocycles. The van der Waals surface area contributed by atoms with E-state index in [9.17, 15) is 23.1 Å². The van der Waals surface area contributed by atoms with Gasteiger partial charge in [-0.05, 0) is 42.7 Å². The number of carbonyl (C=O) groups is 2. The summed E-state index contributed by atoms with van der Waals surface area (Å²) in [7, 11) is -3.90. The number of nitrogens with one attached hydrogen (secondary N) is 1. The van der Waals surface area contributed by atoms with Crippen molar-refractivity contribution in [1.29, 1.82) is 0 Å². The molecule has 0 bridgehead atoms. The fourth-order valence-corrected chi connectivity index (χ4v) is 5.13. The first-order valence-corrected chi connectivity index (χ1v) is 11.0. The molecule has 2 aromatic rings. The van der Waals surface area contributed by atoms with Crippen molar-refractivity contribution < 1.29 is 23.1 Å². The van der Waals surface area contributed by atoms with Gasteiger partial charge in [-0.15, -0.1) is 0 Å². The first kappa shape index (κ1) is 21.3. The second-order valence-corrected chi connectivity index (χ2v) is 9.14. The average Bonchev–Trinajstić information content (AvgIpc) is 3.19. The number of carboxylic acid groups (broad SMARTS) is 1. The standard InChI is InChI=1S/C20H21ClN2O5S/c21-15-8-10-16(11-9-15)29(27,28)23-12-4-7-18(23)19(24)22-17(20(25)26)13-14-5-2-1-3-6-14/h1-3,5-6,8-11,17-18H,4,7,12-13H2,(H,22,24)(H,25,26)/t17-,18-/m0/s1. The molecule has 154 valence electrons. The van der Waals surface area contributed by atoms with Crippen LogP contribution in [0.2, 0.25) is 5.02 Å². The van der Waals surface area contributed by atoms with Crippen LogP contribution in [0.1, 0.15) is 18.4 Å². The Morgan fingerprint density at radius 1 is 1.14 bits per heavy atom. The minimum Gasteiger partial charge on any atom is -0.480 e. The Kier molecular flexibility index (Phi) is 6.56. The lowest BCUT2D eigenvalue weighted by molar-refractivity contribution is -0.142. The minimum absolute atomic E-state index is 0.0423. The maximum absolute atomic E-state index is 13.0. The van der Waals surface area contributed by atoms with Crippen molar-refractivity contribution in [3.63, 3.8) is 0 Å². The van der Waals surface area contributed by atoms with Gasteiger partial charge in [0.1, 0.15) is 12.1 Å². The second-order valence-electron chi connectivity index (χ2n) is 6.82. The number of hydrogen-bond donors (Lipinski definition) is 2. The van der Waals surface area contributed by atoms with Gasteiger partial charge in [0, 0.05) is 18.0 Å². The molecule has 0 unspecified atom stereocenters. The number of benzene rings is 2. The van der Waals surface area contributed by atoms with Crippen LogP contribution in [0.25, 0.3) is 0 Å². The Balaban J connectivity index is 1.76. The molecule has 2 N–H and O–H groups in total. The van der Waals surface area contributed by atoms with Gasteiger partial charge in [0.15, 0.2) is 0 Å². The summed E-state index contributed by atoms with van der Waals surface area (Å²) < 4.78 is 27.0. The molecule has 29 heavy (non-hydrogen) atoms. The van der Waals surface area contributed by atoms with E-state index >= 15 is 0 Å². The number of carbonyl (C=O) groups excluding carboxylic acids is 1. The summed E-state index contributed by atoms with van der Waals surface area (Å²) in [6.07, 6.45) is 0.955. The summed E-state index contributed by atoms with van der Waals surface area (Å²) in [4.78, 5) is 24.5. The Morgan fingerprint density at radius 3 is 2.41 bits per heavy atom. The molecular weight excluding hydrogens is 416 g/mol. The molecule has 0 aliphatic carbocycles. The summed E-state index contributed by atoms with van der Waals surface area (Å²) >= 11 is 5.83. The molecule has 1 heterocycles. The highest BCUT2D eigenvalue weighted by Crippen LogP contribution is 2.27. The summed E-state index contributed by atoms with van der Waals surface area (Å²) in [6, 6.07) is 12.6. The molecule has 7 nitrogen and oxygen atoms in total. The van der Waals surface area contributed by atoms with Crippen LogP contribution in [0.3, 0.4) is 0 Å². The lowest BCUT2D eigenvalue weighted by Crippen LogP contribution is -2.51. The predicted octanol–water partition coefficient (Wildman–Crippen LogP) is 2.31. The van der Waals surface area contributed by atoms with Gasteiger partial charge in [0.2, 0.25) is 15.9 Å². The smallest absolute Gasteiger partial charge is 0.326 e. The quantitative estimate of drug-likeness (QED) is 0.693. The number of aliphatic carboxylic acids is 1. The number of halogens is 1. The van der Waals surface area contributed by atoms with E-state index in [-0.39, 0.29) is 17.9 Å². The molecular formula is C20H21ClN2O5S. The fourth-order valence-electron chi connectivity index (χ4n) is 3.35. The summed E-state index contributed by atoms with van der Waals surface area (Å²) in [5, 5.41) is 12.4. The Bertz CT molecular complexity index is 980. The van der Waals surface area contributed by atoms with E-state index in [0.29, 0.717) is 17.9 Å². The number of sulfonamides is 1. The van der Waals surface area contributed by atoms with Crippen LogP contribution in [0.5, 0.6) is 0 Å². The fraction of sp³-hybridized carbons (Fsp3) is 0.300. The van der Waals surface area contributed by atoms with Crippen LogP contribution >= 0.6 is 11.6 Å². The topological polar surface area (TPSA) is 104 Å². The summed E-state index contributed by atoms with van der Waals surface area (Å²) in [5.41, 5.74) is 0.761. The van der Waals surface area contributed by atoms with Gasteiger partial charge in [-0.1, -0.05) is 41.9 Å². The highest BCUT2D eigenvalue weighted by Gasteiger charge is 2.40. The maximum Gasteiger partial charge on any atom is 0.326 e. The van der Waals surface area contributed by atoms with Crippen LogP contribution in [0, 0.1) is 0 Å². The molecule has 1 aliphatic heterocycles. The lowest BCUT2D eigenvalue weighted by Gasteiger charge is -2.25. The predicted molar refractivity (Wildman–Crippen MR) is 108 cm³/mol. The van der Waals surface area contributed by atoms with Crippen molar-refractivity contribution in [3.05, 3.63) is 65.2 Å². The van der Waals surface area contributed by atoms with Gasteiger partial charge < -0.3 is 10.4 Å². The van der Waals surface area contributed by atoms with Gasteiger partial charge in [-0.25, -0.2) is 13.2 Å². The molecule has 0 radical (unpaired) electrons. The highest BCUT2D eigenvalue weighted by molar-refractivity contribution is 7.89. The third-order valence-electron chi connectivity index (χ3n) is 4.82. The first-order valence-electron chi connectivity index (χ1n) is 9.13. The van der Waals surface area contributed by atoms with Crippen LogP contribution in [-0.2, 0) is 26.0 Å². The van der Waals surface area contributed by atoms with Crippen LogP contribution in [0.15, 0.2) is 59.5 Å². The van der Waals surface area contributed by atoms with E-state index in [1.807, 2.05) is 6.07 Å². The number of hydrogen-bond acceptors (Lipinski definition) is 4. The van der Waals surface area contributed by atoms with E-state index in [4.69, 9.17) is 11.6 Å². The van der Waals surface area contributed by atoms with Crippen LogP contribution in [-0.4, -0.2) is 48.3 Å². The Labute approximate surface area is 174 Å². The summed E-state index contributed by atoms with van der Waals surface area (Å²) in [6.45, 7) is 0.194. The largest absolute Gasteiger partial charge is 0.480 e. The molecule has 1 aliphatic rings. The number of amides is 1. The van der Waals surface area contributed by atoms with Crippen LogP contribution in [0.4, 0.5) is 0 Å². The normalized spacial score (nSPS) is 18.3. The van der Waals surface area contributed by atoms with Crippen molar-refractivity contribution in [2.75, 3.05) is 6.54 Å². The molecule has 0 spiro atoms. The average molecular weight is 437 g/mol. The van der Waals surface area contributed by atoms with Crippen molar-refractivity contribution >= 4 is 33.5 Å². The highest BCUT2D eigenvalue weighted by atomic mass is 35.5. The molecule has 1 fully saturated rings. The minimum atomic E-state index is -3.90. The third-order valence-corrected chi connectivity index (χ3v) is 7.00. The third kappa shape index (κ3) is 4.95. The number of carboxylic acids is 1. The van der Waals surface area contributed by atoms with Crippen molar-refractivity contribution in [2.45, 2.75) is 36.2 Å². The molecule has 9 heteroatoms. The summed E-state index contributed by atoms with van der Waals surface area (Å²) in [5.74, 6) is -1.78. The number of rotatable bonds is 7. The van der Waals surface area contributed by atoms with E-state index in [0.717, 1.165) is 9.87 Å². The van der Waals surface area contributed by atoms with Crippen molar-refractivity contribution in [2.24, 2.45) is 0 Å². The van der Waals surface area contributed by atoms with Gasteiger partial charge in [-0.3, -0.25) is 4.79 Å². The zero-order chi connectivity index (χ0) is 21.0. The van der Waals surface area contributed by atoms with Gasteiger partial charge >= 0.3 is 5.97 Å². The second kappa shape index (κ2) is 8.94. The molecule has 0 saturated carbocycles. The molecule has 1 saturated heterocycles. The monoisotopic (exact) mass is 436 g/mol. The zero-order valence-electron chi connectivity index (χ0n) is 15.5. The molecule has 0 aromatic heterocycles. The first-order chi connectivity index (χ1) is 13.8. The SMILES string of the molecule is O=C(O)[C@H](Cc1ccccc1)NC(=O)[C@@H]1CCCN1S(=O)(=O)c1ccc(Cl)cc1. The maximum atomic E-state index is 13.0. The van der Waals surface area contributed by atoms with E-state index in [2.05, 4.69) is 5.32 Å². The van der Waals surface area contributed by atoms with E-state index in [1.54, 1.807) is 24.3 Å².